The molecule has 0 saturated heterocycles. The Kier molecular flexibility index (Phi) is 6.15. The van der Waals surface area contributed by atoms with Gasteiger partial charge in [-0.3, -0.25) is 14.5 Å². The minimum atomic E-state index is -0.474. The average molecular weight is 519 g/mol. The van der Waals surface area contributed by atoms with Gasteiger partial charge in [0.05, 0.1) is 16.8 Å². The summed E-state index contributed by atoms with van der Waals surface area (Å²) in [5.74, 6) is 2.84. The van der Waals surface area contributed by atoms with Crippen LogP contribution in [0.25, 0.3) is 16.0 Å². The molecule has 1 heterocycles. The molecule has 0 unspecified atom stereocenters. The van der Waals surface area contributed by atoms with Crippen LogP contribution in [-0.2, 0) is 9.53 Å². The third-order valence-electron chi connectivity index (χ3n) is 8.13. The van der Waals surface area contributed by atoms with Gasteiger partial charge in [0.25, 0.3) is 5.91 Å². The number of ether oxygens (including phenoxy) is 1. The van der Waals surface area contributed by atoms with Crippen LogP contribution in [0.1, 0.15) is 54.4 Å². The van der Waals surface area contributed by atoms with Gasteiger partial charge in [-0.25, -0.2) is 4.98 Å². The third-order valence-corrected chi connectivity index (χ3v) is 9.14. The largest absolute Gasteiger partial charge is 0.508 e. The Morgan fingerprint density at radius 2 is 1.70 bits per heavy atom. The number of thiazole rings is 1. The highest BCUT2D eigenvalue weighted by Crippen LogP contribution is 2.58. The molecule has 0 aliphatic heterocycles. The topological polar surface area (TPSA) is 100.0 Å². The molecule has 3 aromatic rings. The molecule has 0 spiro atoms. The second kappa shape index (κ2) is 9.49. The molecule has 192 valence electrons. The number of hydrogen-bond acceptors (Lipinski definition) is 7. The molecule has 8 heteroatoms. The summed E-state index contributed by atoms with van der Waals surface area (Å²) < 4.78 is 7.10. The zero-order chi connectivity index (χ0) is 25.7. The summed E-state index contributed by atoms with van der Waals surface area (Å²) in [5, 5.41) is 20.1. The Labute approximate surface area is 219 Å². The lowest BCUT2D eigenvalue weighted by Crippen LogP contribution is -2.41. The number of amides is 2. The second-order valence-corrected chi connectivity index (χ2v) is 11.7. The van der Waals surface area contributed by atoms with Crippen molar-refractivity contribution in [1.29, 1.82) is 0 Å². The maximum absolute atomic E-state index is 13.2. The van der Waals surface area contributed by atoms with Crippen LogP contribution < -0.4 is 0 Å². The van der Waals surface area contributed by atoms with Gasteiger partial charge >= 0.3 is 0 Å². The summed E-state index contributed by atoms with van der Waals surface area (Å²) in [6.45, 7) is 1.60. The van der Waals surface area contributed by atoms with Crippen LogP contribution in [0.2, 0.25) is 0 Å². The number of rotatable bonds is 6. The predicted molar refractivity (Wildman–Crippen MR) is 141 cm³/mol. The highest BCUT2D eigenvalue weighted by atomic mass is 32.1. The van der Waals surface area contributed by atoms with Gasteiger partial charge in [0.2, 0.25) is 5.91 Å². The van der Waals surface area contributed by atoms with Gasteiger partial charge in [0.1, 0.15) is 23.9 Å². The summed E-state index contributed by atoms with van der Waals surface area (Å²) in [4.78, 5) is 31.2. The second-order valence-electron chi connectivity index (χ2n) is 10.6. The first-order valence-corrected chi connectivity index (χ1v) is 13.8. The van der Waals surface area contributed by atoms with Crippen LogP contribution in [0.4, 0.5) is 0 Å². The van der Waals surface area contributed by atoms with Gasteiger partial charge in [-0.05, 0) is 91.7 Å². The normalized spacial score (nSPS) is 23.9. The first-order valence-electron chi connectivity index (χ1n) is 12.9. The van der Waals surface area contributed by atoms with Gasteiger partial charge in [-0.1, -0.05) is 12.1 Å². The quantitative estimate of drug-likeness (QED) is 0.413. The van der Waals surface area contributed by atoms with Gasteiger partial charge in [0, 0.05) is 12.5 Å². The zero-order valence-electron chi connectivity index (χ0n) is 20.7. The van der Waals surface area contributed by atoms with Crippen molar-refractivity contribution in [2.75, 3.05) is 13.2 Å². The molecule has 4 aliphatic carbocycles. The van der Waals surface area contributed by atoms with Crippen LogP contribution in [0.15, 0.2) is 48.0 Å². The molecule has 7 rings (SSSR count). The molecule has 0 radical (unpaired) electrons. The lowest BCUT2D eigenvalue weighted by Gasteiger charge is -2.51. The Morgan fingerprint density at radius 1 is 1.00 bits per heavy atom. The smallest absolute Gasteiger partial charge is 0.289 e. The maximum Gasteiger partial charge on any atom is 0.289 e. The van der Waals surface area contributed by atoms with Crippen LogP contribution in [0, 0.1) is 23.7 Å². The Morgan fingerprint density at radius 3 is 2.38 bits per heavy atom. The van der Waals surface area contributed by atoms with E-state index in [4.69, 9.17) is 4.74 Å². The Bertz CT molecular complexity index is 1380. The molecule has 4 saturated carbocycles. The van der Waals surface area contributed by atoms with E-state index < -0.39 is 5.91 Å². The molecular formula is C29H30N2O5S. The van der Waals surface area contributed by atoms with Crippen molar-refractivity contribution in [2.45, 2.75) is 39.0 Å². The van der Waals surface area contributed by atoms with Crippen molar-refractivity contribution in [3.05, 3.63) is 58.6 Å². The fraction of sp³-hybridized carbons (Fsp3) is 0.414. The molecule has 37 heavy (non-hydrogen) atoms. The number of phenolic OH excluding ortho intramolecular Hbond substituents is 2. The van der Waals surface area contributed by atoms with E-state index in [-0.39, 0.29) is 35.6 Å². The molecular weight excluding hydrogens is 488 g/mol. The van der Waals surface area contributed by atoms with E-state index in [2.05, 4.69) is 4.98 Å². The zero-order valence-corrected chi connectivity index (χ0v) is 21.5. The van der Waals surface area contributed by atoms with E-state index >= 15 is 0 Å². The van der Waals surface area contributed by atoms with Crippen LogP contribution in [0.5, 0.6) is 11.5 Å². The highest BCUT2D eigenvalue weighted by Gasteiger charge is 2.46. The molecule has 2 aromatic carbocycles. The third kappa shape index (κ3) is 4.59. The van der Waals surface area contributed by atoms with Crippen molar-refractivity contribution in [3.63, 3.8) is 0 Å². The van der Waals surface area contributed by atoms with E-state index in [1.807, 2.05) is 12.1 Å². The van der Waals surface area contributed by atoms with Gasteiger partial charge in [0.15, 0.2) is 5.01 Å². The van der Waals surface area contributed by atoms with Gasteiger partial charge in [-0.2, -0.15) is 0 Å². The summed E-state index contributed by atoms with van der Waals surface area (Å²) in [7, 11) is 0. The Balaban J connectivity index is 1.25. The summed E-state index contributed by atoms with van der Waals surface area (Å²) in [5.41, 5.74) is 2.79. The monoisotopic (exact) mass is 518 g/mol. The fourth-order valence-electron chi connectivity index (χ4n) is 6.80. The molecule has 0 atom stereocenters. The number of allylic oxidation sites excluding steroid dienone is 1. The minimum absolute atomic E-state index is 0.0888. The van der Waals surface area contributed by atoms with Crippen LogP contribution >= 0.6 is 11.3 Å². The summed E-state index contributed by atoms with van der Waals surface area (Å²) in [6.07, 6.45) is 6.13. The van der Waals surface area contributed by atoms with E-state index in [1.54, 1.807) is 24.3 Å². The SMILES string of the molecule is CC(=O)N(CCOC(=C1C2CC3CC(C2)CC1C3)c1cccc(O)c1)C(=O)c1nc2ccc(O)cc2s1. The number of fused-ring (bicyclic) bond motifs is 1. The molecule has 1 aromatic heterocycles. The first-order chi connectivity index (χ1) is 17.9. The van der Waals surface area contributed by atoms with E-state index in [0.29, 0.717) is 22.1 Å². The summed E-state index contributed by atoms with van der Waals surface area (Å²) in [6, 6.07) is 11.9. The first kappa shape index (κ1) is 24.0. The minimum Gasteiger partial charge on any atom is -0.508 e. The van der Waals surface area contributed by atoms with Crippen molar-refractivity contribution in [1.82, 2.24) is 9.88 Å². The number of aromatic nitrogens is 1. The fourth-order valence-corrected chi connectivity index (χ4v) is 7.75. The highest BCUT2D eigenvalue weighted by molar-refractivity contribution is 7.20. The molecule has 2 N–H and O–H groups in total. The number of phenols is 2. The Hall–Kier alpha value is -3.39. The molecule has 2 amide bonds. The predicted octanol–water partition coefficient (Wildman–Crippen LogP) is 5.58. The van der Waals surface area contributed by atoms with Crippen LogP contribution in [0.3, 0.4) is 0 Å². The number of carbonyl (C=O) groups is 2. The molecule has 4 fully saturated rings. The summed E-state index contributed by atoms with van der Waals surface area (Å²) >= 11 is 1.15. The van der Waals surface area contributed by atoms with Gasteiger partial charge < -0.3 is 14.9 Å². The molecule has 4 aliphatic rings. The van der Waals surface area contributed by atoms with E-state index in [0.717, 1.165) is 34.5 Å². The standard InChI is InChI=1S/C29H30N2O5S/c1-16(32)31(29(35)28-30-24-6-5-23(34)15-25(24)37-28)7-8-36-27(19-3-2-4-22(33)14-19)26-20-10-17-9-18(12-20)13-21(26)11-17/h2-6,14-15,17-18,20-21,33-34H,7-13H2,1H3. The lowest BCUT2D eigenvalue weighted by atomic mass is 9.54. The number of aromatic hydroxyl groups is 2. The van der Waals surface area contributed by atoms with Gasteiger partial charge in [-0.15, -0.1) is 11.3 Å². The number of nitrogens with zero attached hydrogens (tertiary/aromatic N) is 2. The van der Waals surface area contributed by atoms with Crippen molar-refractivity contribution in [3.8, 4) is 11.5 Å². The van der Waals surface area contributed by atoms with Crippen molar-refractivity contribution < 1.29 is 24.5 Å². The van der Waals surface area contributed by atoms with E-state index in [1.165, 1.54) is 55.6 Å². The van der Waals surface area contributed by atoms with E-state index in [9.17, 15) is 19.8 Å². The van der Waals surface area contributed by atoms with Crippen molar-refractivity contribution >= 4 is 39.1 Å². The number of benzene rings is 2. The maximum atomic E-state index is 13.2. The number of hydrogen-bond donors (Lipinski definition) is 2. The number of carbonyl (C=O) groups excluding carboxylic acids is 2. The van der Waals surface area contributed by atoms with Crippen molar-refractivity contribution in [2.24, 2.45) is 23.7 Å². The number of imide groups is 1. The molecule has 7 nitrogen and oxygen atoms in total. The lowest BCUT2D eigenvalue weighted by molar-refractivity contribution is -0.126. The molecule has 4 bridgehead atoms. The van der Waals surface area contributed by atoms with Crippen LogP contribution in [-0.4, -0.2) is 45.1 Å². The average Bonchev–Trinajstić information content (AvgIpc) is 3.27.